The summed E-state index contributed by atoms with van der Waals surface area (Å²) in [5.41, 5.74) is 13.8. The van der Waals surface area contributed by atoms with Gasteiger partial charge in [-0.25, -0.2) is 13.6 Å². The Balaban J connectivity index is 0.000000169. The van der Waals surface area contributed by atoms with Gasteiger partial charge in [0.2, 0.25) is 0 Å². The Kier molecular flexibility index (Phi) is 17.7. The van der Waals surface area contributed by atoms with Crippen LogP contribution in [0.3, 0.4) is 0 Å². The van der Waals surface area contributed by atoms with Crippen LogP contribution in [0, 0.1) is 11.6 Å². The number of anilines is 6. The molecule has 0 spiro atoms. The Bertz CT molecular complexity index is 3650. The normalized spacial score (nSPS) is 10.6. The first-order chi connectivity index (χ1) is 37.4. The number of carbonyl (C=O) groups excluding carboxylic acids is 1. The van der Waals surface area contributed by atoms with Crippen molar-refractivity contribution in [1.29, 1.82) is 0 Å². The second-order valence-electron chi connectivity index (χ2n) is 16.9. The number of aromatic nitrogens is 2. The van der Waals surface area contributed by atoms with Crippen molar-refractivity contribution in [2.45, 2.75) is 26.4 Å². The van der Waals surface area contributed by atoms with Crippen LogP contribution in [0.15, 0.2) is 194 Å². The summed E-state index contributed by atoms with van der Waals surface area (Å²) in [5, 5.41) is 57.4. The minimum Gasteiger partial charge on any atom is -0.478 e. The molecule has 0 atom stereocenters. The van der Waals surface area contributed by atoms with E-state index in [1.807, 2.05) is 6.07 Å². The molecule has 10 N–H and O–H groups in total. The van der Waals surface area contributed by atoms with Crippen LogP contribution in [0.4, 0.5) is 42.9 Å². The van der Waals surface area contributed by atoms with E-state index in [9.17, 15) is 38.8 Å². The number of carbonyl (C=O) groups is 2. The summed E-state index contributed by atoms with van der Waals surface area (Å²) in [4.78, 5) is 32.6. The molecule has 0 saturated heterocycles. The van der Waals surface area contributed by atoms with Crippen molar-refractivity contribution in [1.82, 2.24) is 9.97 Å². The van der Waals surface area contributed by atoms with Gasteiger partial charge in [0.05, 0.1) is 60.0 Å². The Labute approximate surface area is 440 Å². The molecule has 8 aromatic carbocycles. The van der Waals surface area contributed by atoms with Gasteiger partial charge in [-0.05, 0) is 180 Å². The van der Waals surface area contributed by atoms with Crippen LogP contribution in [-0.2, 0) is 26.4 Å². The molecule has 0 aliphatic rings. The molecule has 0 fully saturated rings. The number of carboxylic acid groups (broad SMARTS) is 1. The van der Waals surface area contributed by atoms with E-state index in [-0.39, 0.29) is 49.5 Å². The van der Waals surface area contributed by atoms with Crippen molar-refractivity contribution in [3.05, 3.63) is 239 Å². The highest BCUT2D eigenvalue weighted by molar-refractivity contribution is 6.08. The number of fused-ring (bicyclic) bond motifs is 2. The zero-order valence-electron chi connectivity index (χ0n) is 40.9. The van der Waals surface area contributed by atoms with Crippen LogP contribution in [0.1, 0.15) is 43.0 Å². The largest absolute Gasteiger partial charge is 0.478 e. The van der Waals surface area contributed by atoms with Gasteiger partial charge < -0.3 is 56.7 Å². The van der Waals surface area contributed by atoms with E-state index in [1.165, 1.54) is 30.3 Å². The maximum atomic E-state index is 13.2. The number of nitrogen functional groups attached to an aromatic ring is 1. The van der Waals surface area contributed by atoms with Crippen LogP contribution in [-0.4, -0.2) is 47.4 Å². The number of aliphatic hydroxyl groups excluding tert-OH is 4. The molecule has 77 heavy (non-hydrogen) atoms. The number of hydrogen-bond donors (Lipinski definition) is 9. The number of nitrogens with zero attached hydrogens (tertiary/aromatic N) is 2. The number of carboxylic acids is 1. The quantitative estimate of drug-likeness (QED) is 0.0434. The highest BCUT2D eigenvalue weighted by Gasteiger charge is 2.15. The van der Waals surface area contributed by atoms with Gasteiger partial charge in [0.1, 0.15) is 34.6 Å². The predicted octanol–water partition coefficient (Wildman–Crippen LogP) is 12.0. The Morgan fingerprint density at radius 2 is 0.870 bits per heavy atom. The summed E-state index contributed by atoms with van der Waals surface area (Å²) in [5.74, 6) is 0.416. The zero-order chi connectivity index (χ0) is 54.3. The zero-order valence-corrected chi connectivity index (χ0v) is 40.9. The summed E-state index contributed by atoms with van der Waals surface area (Å²) in [6.45, 7) is -0.700. The lowest BCUT2D eigenvalue weighted by Crippen LogP contribution is -2.13. The highest BCUT2D eigenvalue weighted by Crippen LogP contribution is 2.34. The molecule has 1 amide bonds. The third kappa shape index (κ3) is 13.9. The molecule has 2 aromatic heterocycles. The second-order valence-corrected chi connectivity index (χ2v) is 16.9. The molecule has 0 saturated carbocycles. The first-order valence-electron chi connectivity index (χ1n) is 23.8. The van der Waals surface area contributed by atoms with E-state index >= 15 is 0 Å². The maximum Gasteiger partial charge on any atom is 0.337 e. The van der Waals surface area contributed by atoms with Gasteiger partial charge >= 0.3 is 5.97 Å². The van der Waals surface area contributed by atoms with Gasteiger partial charge in [0, 0.05) is 45.9 Å². The summed E-state index contributed by atoms with van der Waals surface area (Å²) in [6.07, 6.45) is 3.26. The highest BCUT2D eigenvalue weighted by atomic mass is 19.1. The van der Waals surface area contributed by atoms with Crippen molar-refractivity contribution >= 4 is 67.8 Å². The third-order valence-electron chi connectivity index (χ3n) is 11.8. The number of aromatic carboxylic acids is 1. The van der Waals surface area contributed by atoms with E-state index in [0.717, 1.165) is 5.39 Å². The van der Waals surface area contributed by atoms with Gasteiger partial charge in [-0.1, -0.05) is 24.3 Å². The third-order valence-corrected chi connectivity index (χ3v) is 11.8. The van der Waals surface area contributed by atoms with Crippen molar-refractivity contribution in [3.63, 3.8) is 0 Å². The van der Waals surface area contributed by atoms with Gasteiger partial charge in [-0.15, -0.1) is 0 Å². The molecule has 15 nitrogen and oxygen atoms in total. The fraction of sp³-hybridized carbons (Fsp3) is 0.0667. The fourth-order valence-electron chi connectivity index (χ4n) is 7.82. The van der Waals surface area contributed by atoms with Crippen LogP contribution < -0.4 is 31.2 Å². The van der Waals surface area contributed by atoms with E-state index in [1.54, 1.807) is 158 Å². The van der Waals surface area contributed by atoms with Crippen LogP contribution in [0.2, 0.25) is 0 Å². The molecule has 0 unspecified atom stereocenters. The lowest BCUT2D eigenvalue weighted by molar-refractivity contribution is 0.0697. The van der Waals surface area contributed by atoms with E-state index in [2.05, 4.69) is 25.9 Å². The number of benzene rings is 8. The molecular formula is C60H50F2N6O9. The smallest absolute Gasteiger partial charge is 0.337 e. The molecule has 0 aliphatic heterocycles. The fourth-order valence-corrected chi connectivity index (χ4v) is 7.82. The summed E-state index contributed by atoms with van der Waals surface area (Å²) < 4.78 is 37.9. The SMILES string of the molecule is Nc1ccc(Oc2ccnc3cc(CO)c(CO)cc23)cc1.O=C(Nc1ccc(Oc2ccnc3cc(CO)c(CO)cc23)cc1)c1ccccc1Nc1ccc(F)cc1.O=C(O)c1ccccc1Nc1ccc(F)cc1. The molecule has 10 aromatic rings. The molecule has 0 radical (unpaired) electrons. The number of halogens is 2. The monoisotopic (exact) mass is 1040 g/mol. The first kappa shape index (κ1) is 53.5. The molecule has 388 valence electrons. The second kappa shape index (κ2) is 25.4. The van der Waals surface area contributed by atoms with Gasteiger partial charge in [-0.3, -0.25) is 14.8 Å². The van der Waals surface area contributed by atoms with Gasteiger partial charge in [-0.2, -0.15) is 0 Å². The molecule has 10 rings (SSSR count). The van der Waals surface area contributed by atoms with Gasteiger partial charge in [0.15, 0.2) is 0 Å². The van der Waals surface area contributed by atoms with Crippen LogP contribution in [0.25, 0.3) is 21.8 Å². The minimum absolute atomic E-state index is 0.142. The van der Waals surface area contributed by atoms with Crippen molar-refractivity contribution in [3.8, 4) is 23.0 Å². The predicted molar refractivity (Wildman–Crippen MR) is 292 cm³/mol. The Morgan fingerprint density at radius 1 is 0.481 bits per heavy atom. The Morgan fingerprint density at radius 3 is 1.31 bits per heavy atom. The summed E-state index contributed by atoms with van der Waals surface area (Å²) in [7, 11) is 0. The van der Waals surface area contributed by atoms with Crippen molar-refractivity contribution < 1.29 is 53.4 Å². The standard InChI is InChI=1S/C30H24FN3O4.C17H16N2O3.C13H10FNO2/c31-21-5-7-22(8-6-21)33-27-4-2-1-3-25(27)30(37)34-23-9-11-24(12-10-23)38-29-13-14-32-28-16-20(18-36)19(17-35)15-26(28)29;18-13-1-3-14(4-2-13)22-17-5-6-19-16-8-12(10-21)11(9-20)7-15(16)17;14-9-5-7-10(8-6-9)15-12-4-2-1-3-11(12)13(16)17/h1-16,33,35-36H,17-18H2,(H,34,37);1-8,20-21H,9-10,18H2;1-8,15H,(H,16,17). The number of hydrogen-bond acceptors (Lipinski definition) is 13. The first-order valence-corrected chi connectivity index (χ1v) is 23.8. The lowest BCUT2D eigenvalue weighted by atomic mass is 10.0. The summed E-state index contributed by atoms with van der Waals surface area (Å²) in [6, 6.07) is 49.8. The van der Waals surface area contributed by atoms with E-state index < -0.39 is 5.97 Å². The Hall–Kier alpha value is -9.78. The number of ether oxygens (including phenoxy) is 2. The van der Waals surface area contributed by atoms with Crippen molar-refractivity contribution in [2.24, 2.45) is 0 Å². The average molecular weight is 1040 g/mol. The molecule has 17 heteroatoms. The van der Waals surface area contributed by atoms with E-state index in [0.29, 0.717) is 101 Å². The number of nitrogens with one attached hydrogen (secondary N) is 3. The lowest BCUT2D eigenvalue weighted by Gasteiger charge is -2.13. The number of aliphatic hydroxyl groups is 4. The number of para-hydroxylation sites is 2. The molecular weight excluding hydrogens is 987 g/mol. The van der Waals surface area contributed by atoms with Crippen LogP contribution in [0.5, 0.6) is 23.0 Å². The number of pyridine rings is 2. The minimum atomic E-state index is -1.00. The average Bonchev–Trinajstić information content (AvgIpc) is 3.45. The molecule has 2 heterocycles. The molecule has 0 aliphatic carbocycles. The summed E-state index contributed by atoms with van der Waals surface area (Å²) >= 11 is 0. The number of nitrogens with two attached hydrogens (primary N) is 1. The van der Waals surface area contributed by atoms with E-state index in [4.69, 9.17) is 20.3 Å². The number of rotatable bonds is 15. The topological polar surface area (TPSA) is 242 Å². The van der Waals surface area contributed by atoms with Crippen LogP contribution >= 0.6 is 0 Å². The number of amides is 1. The molecule has 0 bridgehead atoms. The van der Waals surface area contributed by atoms with Crippen molar-refractivity contribution in [2.75, 3.05) is 21.7 Å². The van der Waals surface area contributed by atoms with Gasteiger partial charge in [0.25, 0.3) is 5.91 Å². The maximum absolute atomic E-state index is 13.2.